The van der Waals surface area contributed by atoms with Crippen LogP contribution >= 0.6 is 0 Å². The van der Waals surface area contributed by atoms with E-state index < -0.39 is 0 Å². The van der Waals surface area contributed by atoms with Crippen LogP contribution in [-0.4, -0.2) is 19.8 Å². The third kappa shape index (κ3) is 1.56. The fourth-order valence-corrected chi connectivity index (χ4v) is 2.12. The first-order valence-corrected chi connectivity index (χ1v) is 5.09. The molecule has 1 aromatic rings. The van der Waals surface area contributed by atoms with Gasteiger partial charge in [-0.2, -0.15) is 0 Å². The second-order valence-corrected chi connectivity index (χ2v) is 4.08. The van der Waals surface area contributed by atoms with E-state index in [2.05, 4.69) is 24.3 Å². The monoisotopic (exact) mass is 191 g/mol. The maximum absolute atomic E-state index is 6.13. The molecule has 14 heavy (non-hydrogen) atoms. The van der Waals surface area contributed by atoms with E-state index in [9.17, 15) is 0 Å². The molecule has 0 radical (unpaired) electrons. The molecule has 1 fully saturated rings. The van der Waals surface area contributed by atoms with Crippen molar-refractivity contribution in [1.29, 1.82) is 0 Å². The molecule has 1 aliphatic carbocycles. The number of benzene rings is 1. The quantitative estimate of drug-likeness (QED) is 0.786. The molecule has 0 amide bonds. The van der Waals surface area contributed by atoms with E-state index in [0.717, 1.165) is 0 Å². The molecule has 2 N–H and O–H groups in total. The standard InChI is InChI=1S/C12H17NO/c1-14-9-11(13)12(7-8-12)10-5-3-2-4-6-10/h2-6,11H,7-9,13H2,1H3. The molecule has 2 rings (SSSR count). The molecule has 0 spiro atoms. The lowest BCUT2D eigenvalue weighted by Gasteiger charge is -2.23. The van der Waals surface area contributed by atoms with Crippen molar-refractivity contribution in [2.75, 3.05) is 13.7 Å². The zero-order chi connectivity index (χ0) is 10.0. The Morgan fingerprint density at radius 1 is 1.36 bits per heavy atom. The zero-order valence-electron chi connectivity index (χ0n) is 8.57. The summed E-state index contributed by atoms with van der Waals surface area (Å²) in [6.45, 7) is 0.648. The van der Waals surface area contributed by atoms with Gasteiger partial charge < -0.3 is 10.5 Å². The van der Waals surface area contributed by atoms with Crippen LogP contribution in [0.15, 0.2) is 30.3 Å². The van der Waals surface area contributed by atoms with Gasteiger partial charge in [-0.3, -0.25) is 0 Å². The Balaban J connectivity index is 2.17. The van der Waals surface area contributed by atoms with Gasteiger partial charge in [0.1, 0.15) is 0 Å². The largest absolute Gasteiger partial charge is 0.383 e. The van der Waals surface area contributed by atoms with Crippen molar-refractivity contribution in [1.82, 2.24) is 0 Å². The molecule has 2 heteroatoms. The minimum Gasteiger partial charge on any atom is -0.383 e. The first-order valence-electron chi connectivity index (χ1n) is 5.09. The Morgan fingerprint density at radius 2 is 2.00 bits per heavy atom. The summed E-state index contributed by atoms with van der Waals surface area (Å²) < 4.78 is 5.13. The molecule has 2 nitrogen and oxygen atoms in total. The van der Waals surface area contributed by atoms with Gasteiger partial charge in [0.15, 0.2) is 0 Å². The van der Waals surface area contributed by atoms with E-state index in [0.29, 0.717) is 6.61 Å². The van der Waals surface area contributed by atoms with Crippen LogP contribution < -0.4 is 5.73 Å². The Bertz CT molecular complexity index is 292. The first kappa shape index (κ1) is 9.69. The van der Waals surface area contributed by atoms with Crippen molar-refractivity contribution >= 4 is 0 Å². The lowest BCUT2D eigenvalue weighted by Crippen LogP contribution is -2.38. The summed E-state index contributed by atoms with van der Waals surface area (Å²) in [6, 6.07) is 10.7. The third-order valence-corrected chi connectivity index (χ3v) is 3.19. The van der Waals surface area contributed by atoms with Crippen LogP contribution in [0, 0.1) is 0 Å². The van der Waals surface area contributed by atoms with Crippen LogP contribution in [0.1, 0.15) is 18.4 Å². The molecule has 0 heterocycles. The zero-order valence-corrected chi connectivity index (χ0v) is 8.57. The molecule has 1 unspecified atom stereocenters. The number of nitrogens with two attached hydrogens (primary N) is 1. The molecule has 1 saturated carbocycles. The van der Waals surface area contributed by atoms with Crippen molar-refractivity contribution < 1.29 is 4.74 Å². The van der Waals surface area contributed by atoms with E-state index in [4.69, 9.17) is 10.5 Å². The Kier molecular flexibility index (Phi) is 2.57. The van der Waals surface area contributed by atoms with Gasteiger partial charge in [0, 0.05) is 18.6 Å². The van der Waals surface area contributed by atoms with Gasteiger partial charge in [-0.15, -0.1) is 0 Å². The van der Waals surface area contributed by atoms with Crippen LogP contribution in [0.25, 0.3) is 0 Å². The smallest absolute Gasteiger partial charge is 0.0622 e. The Morgan fingerprint density at radius 3 is 2.50 bits per heavy atom. The average molecular weight is 191 g/mol. The van der Waals surface area contributed by atoms with Gasteiger partial charge in [-0.05, 0) is 18.4 Å². The topological polar surface area (TPSA) is 35.2 Å². The van der Waals surface area contributed by atoms with Gasteiger partial charge in [0.2, 0.25) is 0 Å². The van der Waals surface area contributed by atoms with E-state index in [1.165, 1.54) is 18.4 Å². The third-order valence-electron chi connectivity index (χ3n) is 3.19. The molecule has 1 aliphatic rings. The summed E-state index contributed by atoms with van der Waals surface area (Å²) in [5.41, 5.74) is 7.70. The number of rotatable bonds is 4. The SMILES string of the molecule is COCC(N)C1(c2ccccc2)CC1. The second-order valence-electron chi connectivity index (χ2n) is 4.08. The van der Waals surface area contributed by atoms with Crippen LogP contribution in [0.5, 0.6) is 0 Å². The highest BCUT2D eigenvalue weighted by Crippen LogP contribution is 2.50. The highest BCUT2D eigenvalue weighted by molar-refractivity contribution is 5.33. The molecule has 0 saturated heterocycles. The molecular formula is C12H17NO. The number of hydrogen-bond donors (Lipinski definition) is 1. The molecule has 1 atom stereocenters. The highest BCUT2D eigenvalue weighted by Gasteiger charge is 2.48. The Labute approximate surface area is 85.1 Å². The van der Waals surface area contributed by atoms with E-state index in [1.807, 2.05) is 6.07 Å². The molecule has 1 aromatic carbocycles. The summed E-state index contributed by atoms with van der Waals surface area (Å²) in [4.78, 5) is 0. The van der Waals surface area contributed by atoms with Crippen molar-refractivity contribution in [3.63, 3.8) is 0 Å². The summed E-state index contributed by atoms with van der Waals surface area (Å²) >= 11 is 0. The second kappa shape index (κ2) is 3.71. The summed E-state index contributed by atoms with van der Waals surface area (Å²) in [6.07, 6.45) is 2.39. The van der Waals surface area contributed by atoms with Crippen LogP contribution in [0.3, 0.4) is 0 Å². The predicted molar refractivity (Wildman–Crippen MR) is 57.2 cm³/mol. The number of hydrogen-bond acceptors (Lipinski definition) is 2. The van der Waals surface area contributed by atoms with Gasteiger partial charge >= 0.3 is 0 Å². The minimum atomic E-state index is 0.134. The van der Waals surface area contributed by atoms with Crippen LogP contribution in [0.2, 0.25) is 0 Å². The lowest BCUT2D eigenvalue weighted by atomic mass is 9.89. The summed E-state index contributed by atoms with van der Waals surface area (Å²) in [5, 5.41) is 0. The highest BCUT2D eigenvalue weighted by atomic mass is 16.5. The Hall–Kier alpha value is -0.860. The maximum Gasteiger partial charge on any atom is 0.0622 e. The van der Waals surface area contributed by atoms with Crippen molar-refractivity contribution in [3.8, 4) is 0 Å². The van der Waals surface area contributed by atoms with Crippen LogP contribution in [0.4, 0.5) is 0 Å². The maximum atomic E-state index is 6.13. The molecule has 0 aromatic heterocycles. The van der Waals surface area contributed by atoms with Gasteiger partial charge in [0.25, 0.3) is 0 Å². The molecular weight excluding hydrogens is 174 g/mol. The van der Waals surface area contributed by atoms with Gasteiger partial charge in [-0.25, -0.2) is 0 Å². The molecule has 0 bridgehead atoms. The van der Waals surface area contributed by atoms with Gasteiger partial charge in [0.05, 0.1) is 6.61 Å². The summed E-state index contributed by atoms with van der Waals surface area (Å²) in [7, 11) is 1.71. The van der Waals surface area contributed by atoms with E-state index in [1.54, 1.807) is 7.11 Å². The van der Waals surface area contributed by atoms with E-state index >= 15 is 0 Å². The molecule has 76 valence electrons. The number of ether oxygens (including phenoxy) is 1. The fourth-order valence-electron chi connectivity index (χ4n) is 2.12. The normalized spacial score (nSPS) is 20.4. The first-order chi connectivity index (χ1) is 6.79. The van der Waals surface area contributed by atoms with Crippen LogP contribution in [-0.2, 0) is 10.2 Å². The van der Waals surface area contributed by atoms with Crippen molar-refractivity contribution in [3.05, 3.63) is 35.9 Å². The number of methoxy groups -OCH3 is 1. The predicted octanol–water partition coefficient (Wildman–Crippen LogP) is 1.69. The summed E-state index contributed by atoms with van der Waals surface area (Å²) in [5.74, 6) is 0. The van der Waals surface area contributed by atoms with Gasteiger partial charge in [-0.1, -0.05) is 30.3 Å². The van der Waals surface area contributed by atoms with Crippen molar-refractivity contribution in [2.45, 2.75) is 24.3 Å². The average Bonchev–Trinajstić information content (AvgIpc) is 3.00. The lowest BCUT2D eigenvalue weighted by molar-refractivity contribution is 0.166. The van der Waals surface area contributed by atoms with E-state index in [-0.39, 0.29) is 11.5 Å². The van der Waals surface area contributed by atoms with Crippen molar-refractivity contribution in [2.24, 2.45) is 5.73 Å². The molecule has 0 aliphatic heterocycles. The fraction of sp³-hybridized carbons (Fsp3) is 0.500. The minimum absolute atomic E-state index is 0.134.